The molecule has 0 aliphatic carbocycles. The molecule has 18 heavy (non-hydrogen) atoms. The Morgan fingerprint density at radius 2 is 2.22 bits per heavy atom. The van der Waals surface area contributed by atoms with Crippen LogP contribution in [-0.4, -0.2) is 26.8 Å². The number of benzene rings is 1. The molecule has 0 amide bonds. The van der Waals surface area contributed by atoms with Crippen molar-refractivity contribution in [2.75, 3.05) is 6.54 Å². The van der Waals surface area contributed by atoms with E-state index in [1.807, 2.05) is 18.2 Å². The van der Waals surface area contributed by atoms with Gasteiger partial charge in [-0.25, -0.2) is 0 Å². The molecule has 1 atom stereocenters. The lowest BCUT2D eigenvalue weighted by Crippen LogP contribution is -2.21. The number of aromatic nitrogens is 4. The number of aryl methyl sites for hydroxylation is 1. The summed E-state index contributed by atoms with van der Waals surface area (Å²) >= 11 is 3.53. The Balaban J connectivity index is 2.39. The number of hydrogen-bond acceptors (Lipinski definition) is 4. The molecule has 5 nitrogen and oxygen atoms in total. The highest BCUT2D eigenvalue weighted by Gasteiger charge is 2.15. The van der Waals surface area contributed by atoms with Crippen LogP contribution in [0.2, 0.25) is 0 Å². The number of nitrogens with one attached hydrogen (secondary N) is 1. The van der Waals surface area contributed by atoms with Crippen LogP contribution in [0.1, 0.15) is 31.3 Å². The number of rotatable bonds is 4. The summed E-state index contributed by atoms with van der Waals surface area (Å²) in [6.07, 6.45) is 0. The van der Waals surface area contributed by atoms with E-state index in [4.69, 9.17) is 0 Å². The third kappa shape index (κ3) is 2.59. The van der Waals surface area contributed by atoms with Crippen LogP contribution in [0, 0.1) is 6.92 Å². The normalized spacial score (nSPS) is 12.7. The Morgan fingerprint density at radius 3 is 2.89 bits per heavy atom. The quantitative estimate of drug-likeness (QED) is 0.942. The molecule has 96 valence electrons. The van der Waals surface area contributed by atoms with E-state index < -0.39 is 0 Å². The van der Waals surface area contributed by atoms with Crippen molar-refractivity contribution in [2.24, 2.45) is 0 Å². The van der Waals surface area contributed by atoms with E-state index in [0.717, 1.165) is 22.5 Å². The molecule has 2 rings (SSSR count). The van der Waals surface area contributed by atoms with Crippen LogP contribution in [0.25, 0.3) is 5.69 Å². The molecule has 2 aromatic rings. The first-order chi connectivity index (χ1) is 8.63. The average molecular weight is 310 g/mol. The standard InChI is InChI=1S/C12H16BrN5/c1-4-14-9(3)12-15-16-17-18(12)10-6-5-8(2)11(13)7-10/h5-7,9,14H,4H2,1-3H3. The molecule has 0 spiro atoms. The van der Waals surface area contributed by atoms with Crippen molar-refractivity contribution in [2.45, 2.75) is 26.8 Å². The zero-order chi connectivity index (χ0) is 13.1. The Morgan fingerprint density at radius 1 is 1.44 bits per heavy atom. The maximum Gasteiger partial charge on any atom is 0.173 e. The minimum atomic E-state index is 0.116. The first kappa shape index (κ1) is 13.2. The van der Waals surface area contributed by atoms with E-state index in [-0.39, 0.29) is 6.04 Å². The van der Waals surface area contributed by atoms with E-state index in [2.05, 4.69) is 57.5 Å². The van der Waals surface area contributed by atoms with Crippen LogP contribution in [0.3, 0.4) is 0 Å². The van der Waals surface area contributed by atoms with Gasteiger partial charge < -0.3 is 5.32 Å². The highest BCUT2D eigenvalue weighted by atomic mass is 79.9. The molecule has 0 saturated heterocycles. The fraction of sp³-hybridized carbons (Fsp3) is 0.417. The van der Waals surface area contributed by atoms with E-state index in [9.17, 15) is 0 Å². The molecule has 1 N–H and O–H groups in total. The van der Waals surface area contributed by atoms with Gasteiger partial charge in [-0.15, -0.1) is 5.10 Å². The minimum Gasteiger partial charge on any atom is -0.308 e. The Hall–Kier alpha value is -1.27. The van der Waals surface area contributed by atoms with Crippen molar-refractivity contribution >= 4 is 15.9 Å². The number of halogens is 1. The second-order valence-electron chi connectivity index (χ2n) is 4.16. The molecule has 0 fully saturated rings. The molecule has 0 saturated carbocycles. The third-order valence-corrected chi connectivity index (χ3v) is 3.65. The van der Waals surface area contributed by atoms with Crippen LogP contribution in [0.4, 0.5) is 0 Å². The maximum atomic E-state index is 4.09. The first-order valence-electron chi connectivity index (χ1n) is 5.91. The van der Waals surface area contributed by atoms with Crippen LogP contribution < -0.4 is 5.32 Å². The highest BCUT2D eigenvalue weighted by molar-refractivity contribution is 9.10. The van der Waals surface area contributed by atoms with Gasteiger partial charge in [0.15, 0.2) is 5.82 Å². The summed E-state index contributed by atoms with van der Waals surface area (Å²) in [5, 5.41) is 15.2. The predicted molar refractivity (Wildman–Crippen MR) is 73.7 cm³/mol. The Labute approximate surface area is 115 Å². The van der Waals surface area contributed by atoms with Gasteiger partial charge in [-0.3, -0.25) is 0 Å². The van der Waals surface area contributed by atoms with Gasteiger partial charge in [0.05, 0.1) is 11.7 Å². The molecule has 6 heteroatoms. The summed E-state index contributed by atoms with van der Waals surface area (Å²) in [5.41, 5.74) is 2.14. The van der Waals surface area contributed by atoms with Gasteiger partial charge >= 0.3 is 0 Å². The first-order valence-corrected chi connectivity index (χ1v) is 6.71. The SMILES string of the molecule is CCNC(C)c1nnnn1-c1ccc(C)c(Br)c1. The van der Waals surface area contributed by atoms with Crippen molar-refractivity contribution in [3.05, 3.63) is 34.1 Å². The monoisotopic (exact) mass is 309 g/mol. The van der Waals surface area contributed by atoms with Crippen molar-refractivity contribution in [1.82, 2.24) is 25.5 Å². The van der Waals surface area contributed by atoms with E-state index in [1.165, 1.54) is 5.56 Å². The van der Waals surface area contributed by atoms with Crippen LogP contribution in [0.15, 0.2) is 22.7 Å². The summed E-state index contributed by atoms with van der Waals surface area (Å²) < 4.78 is 2.81. The average Bonchev–Trinajstić information content (AvgIpc) is 2.82. The lowest BCUT2D eigenvalue weighted by molar-refractivity contribution is 0.550. The summed E-state index contributed by atoms with van der Waals surface area (Å²) in [6.45, 7) is 7.04. The summed E-state index contributed by atoms with van der Waals surface area (Å²) in [6, 6.07) is 6.19. The molecule has 0 aliphatic heterocycles. The largest absolute Gasteiger partial charge is 0.308 e. The minimum absolute atomic E-state index is 0.116. The highest BCUT2D eigenvalue weighted by Crippen LogP contribution is 2.21. The van der Waals surface area contributed by atoms with Crippen molar-refractivity contribution < 1.29 is 0 Å². The predicted octanol–water partition coefficient (Wildman–Crippen LogP) is 2.40. The zero-order valence-corrected chi connectivity index (χ0v) is 12.3. The molecule has 0 radical (unpaired) electrons. The molecule has 1 unspecified atom stereocenters. The van der Waals surface area contributed by atoms with Gasteiger partial charge in [-0.2, -0.15) is 4.68 Å². The summed E-state index contributed by atoms with van der Waals surface area (Å²) in [4.78, 5) is 0. The molecule has 0 bridgehead atoms. The van der Waals surface area contributed by atoms with Gasteiger partial charge in [0.25, 0.3) is 0 Å². The second-order valence-corrected chi connectivity index (χ2v) is 5.02. The third-order valence-electron chi connectivity index (χ3n) is 2.79. The molecular formula is C12H16BrN5. The van der Waals surface area contributed by atoms with Crippen LogP contribution in [-0.2, 0) is 0 Å². The number of tetrazole rings is 1. The van der Waals surface area contributed by atoms with E-state index >= 15 is 0 Å². The fourth-order valence-corrected chi connectivity index (χ4v) is 2.13. The van der Waals surface area contributed by atoms with Gasteiger partial charge in [-0.05, 0) is 48.5 Å². The summed E-state index contributed by atoms with van der Waals surface area (Å²) in [7, 11) is 0. The van der Waals surface area contributed by atoms with Crippen LogP contribution >= 0.6 is 15.9 Å². The topological polar surface area (TPSA) is 55.6 Å². The van der Waals surface area contributed by atoms with Gasteiger partial charge in [-0.1, -0.05) is 28.9 Å². The maximum absolute atomic E-state index is 4.09. The van der Waals surface area contributed by atoms with Crippen LogP contribution in [0.5, 0.6) is 0 Å². The molecule has 1 aromatic carbocycles. The number of hydrogen-bond donors (Lipinski definition) is 1. The second kappa shape index (κ2) is 5.58. The molecular weight excluding hydrogens is 294 g/mol. The van der Waals surface area contributed by atoms with Crippen molar-refractivity contribution in [3.63, 3.8) is 0 Å². The lowest BCUT2D eigenvalue weighted by Gasteiger charge is -2.12. The zero-order valence-electron chi connectivity index (χ0n) is 10.7. The molecule has 1 aromatic heterocycles. The molecule has 1 heterocycles. The molecule has 0 aliphatic rings. The van der Waals surface area contributed by atoms with Crippen molar-refractivity contribution in [1.29, 1.82) is 0 Å². The lowest BCUT2D eigenvalue weighted by atomic mass is 10.2. The summed E-state index contributed by atoms with van der Waals surface area (Å²) in [5.74, 6) is 0.813. The Bertz CT molecular complexity index is 537. The fourth-order valence-electron chi connectivity index (χ4n) is 1.76. The smallest absolute Gasteiger partial charge is 0.173 e. The van der Waals surface area contributed by atoms with Gasteiger partial charge in [0.2, 0.25) is 0 Å². The van der Waals surface area contributed by atoms with Gasteiger partial charge in [0.1, 0.15) is 0 Å². The Kier molecular flexibility index (Phi) is 4.08. The van der Waals surface area contributed by atoms with Crippen molar-refractivity contribution in [3.8, 4) is 5.69 Å². The van der Waals surface area contributed by atoms with E-state index in [0.29, 0.717) is 0 Å². The van der Waals surface area contributed by atoms with E-state index in [1.54, 1.807) is 4.68 Å². The number of nitrogens with zero attached hydrogens (tertiary/aromatic N) is 4. The van der Waals surface area contributed by atoms with Gasteiger partial charge in [0, 0.05) is 4.47 Å².